The molecule has 132 valence electrons. The van der Waals surface area contributed by atoms with Crippen molar-refractivity contribution in [2.75, 3.05) is 13.2 Å². The Hall–Kier alpha value is -2.05. The molecule has 4 N–H and O–H groups in total. The summed E-state index contributed by atoms with van der Waals surface area (Å²) < 4.78 is 11.2. The zero-order valence-corrected chi connectivity index (χ0v) is 14.6. The van der Waals surface area contributed by atoms with Crippen molar-refractivity contribution in [2.24, 2.45) is 5.73 Å². The molecule has 0 saturated carbocycles. The molecular weight excluding hydrogens is 308 g/mol. The van der Waals surface area contributed by atoms with Crippen molar-refractivity contribution in [3.63, 3.8) is 0 Å². The highest BCUT2D eigenvalue weighted by molar-refractivity contribution is 5.93. The van der Waals surface area contributed by atoms with E-state index < -0.39 is 17.4 Å². The summed E-state index contributed by atoms with van der Waals surface area (Å²) in [5, 5.41) is 13.9. The van der Waals surface area contributed by atoms with Crippen LogP contribution in [0, 0.1) is 0 Å². The lowest BCUT2D eigenvalue weighted by molar-refractivity contribution is -0.122. The average Bonchev–Trinajstić information content (AvgIpc) is 2.94. The number of rotatable bonds is 8. The Morgan fingerprint density at radius 1 is 1.42 bits per heavy atom. The second-order valence-electron chi connectivity index (χ2n) is 6.82. The molecule has 0 saturated heterocycles. The third kappa shape index (κ3) is 4.07. The van der Waals surface area contributed by atoms with Crippen molar-refractivity contribution < 1.29 is 19.1 Å². The lowest BCUT2D eigenvalue weighted by atomic mass is 9.84. The number of furan rings is 1. The van der Waals surface area contributed by atoms with E-state index in [9.17, 15) is 9.90 Å². The number of hydrogen-bond donors (Lipinski definition) is 3. The fourth-order valence-electron chi connectivity index (χ4n) is 2.34. The standard InChI is InChI=1S/C18H26N2O4/c1-11(2)20-8-12(21)9-23-13-5-6-14-15(10-24-16(14)7-13)18(3,4)17(19)22/h5-7,10-12,20-21H,8-9H2,1-4H3,(H2,19,22). The quantitative estimate of drug-likeness (QED) is 0.685. The van der Waals surface area contributed by atoms with Gasteiger partial charge in [0.2, 0.25) is 5.91 Å². The minimum Gasteiger partial charge on any atom is -0.491 e. The third-order valence-corrected chi connectivity index (χ3v) is 4.04. The maximum atomic E-state index is 11.6. The summed E-state index contributed by atoms with van der Waals surface area (Å²) in [6.07, 6.45) is 0.963. The minimum atomic E-state index is -0.813. The van der Waals surface area contributed by atoms with Crippen LogP contribution < -0.4 is 15.8 Å². The topological polar surface area (TPSA) is 97.7 Å². The Kier molecular flexibility index (Phi) is 5.51. The highest BCUT2D eigenvalue weighted by Gasteiger charge is 2.31. The van der Waals surface area contributed by atoms with Gasteiger partial charge in [-0.3, -0.25) is 4.79 Å². The summed E-state index contributed by atoms with van der Waals surface area (Å²) >= 11 is 0. The fourth-order valence-corrected chi connectivity index (χ4v) is 2.34. The van der Waals surface area contributed by atoms with Crippen LogP contribution in [0.4, 0.5) is 0 Å². The van der Waals surface area contributed by atoms with Gasteiger partial charge in [-0.05, 0) is 26.0 Å². The van der Waals surface area contributed by atoms with Crippen molar-refractivity contribution in [1.82, 2.24) is 5.32 Å². The van der Waals surface area contributed by atoms with E-state index >= 15 is 0 Å². The van der Waals surface area contributed by atoms with Crippen LogP contribution in [-0.4, -0.2) is 36.3 Å². The summed E-state index contributed by atoms with van der Waals surface area (Å²) in [6, 6.07) is 5.69. The number of nitrogens with two attached hydrogens (primary N) is 1. The number of carbonyl (C=O) groups is 1. The number of amides is 1. The molecule has 0 aliphatic heterocycles. The zero-order valence-electron chi connectivity index (χ0n) is 14.6. The molecular formula is C18H26N2O4. The van der Waals surface area contributed by atoms with Gasteiger partial charge in [0.25, 0.3) is 0 Å². The number of carbonyl (C=O) groups excluding carboxylic acids is 1. The van der Waals surface area contributed by atoms with Gasteiger partial charge in [0.05, 0.1) is 11.7 Å². The Balaban J connectivity index is 2.09. The van der Waals surface area contributed by atoms with Crippen LogP contribution in [0.3, 0.4) is 0 Å². The van der Waals surface area contributed by atoms with Gasteiger partial charge in [0, 0.05) is 29.6 Å². The molecule has 0 fully saturated rings. The van der Waals surface area contributed by atoms with Crippen LogP contribution in [0.1, 0.15) is 33.3 Å². The fraction of sp³-hybridized carbons (Fsp3) is 0.500. The monoisotopic (exact) mass is 334 g/mol. The normalized spacial score (nSPS) is 13.4. The molecule has 24 heavy (non-hydrogen) atoms. The molecule has 1 aromatic heterocycles. The molecule has 1 aromatic carbocycles. The van der Waals surface area contributed by atoms with Gasteiger partial charge in [-0.25, -0.2) is 0 Å². The van der Waals surface area contributed by atoms with Crippen molar-refractivity contribution in [3.05, 3.63) is 30.0 Å². The zero-order chi connectivity index (χ0) is 17.9. The summed E-state index contributed by atoms with van der Waals surface area (Å²) in [7, 11) is 0. The van der Waals surface area contributed by atoms with E-state index in [4.69, 9.17) is 14.9 Å². The van der Waals surface area contributed by atoms with Crippen molar-refractivity contribution >= 4 is 16.9 Å². The molecule has 1 heterocycles. The van der Waals surface area contributed by atoms with Crippen LogP contribution in [0.15, 0.2) is 28.9 Å². The lowest BCUT2D eigenvalue weighted by Gasteiger charge is -2.19. The van der Waals surface area contributed by atoms with Gasteiger partial charge >= 0.3 is 0 Å². The Morgan fingerprint density at radius 3 is 2.75 bits per heavy atom. The predicted octanol–water partition coefficient (Wildman–Crippen LogP) is 1.93. The number of aliphatic hydroxyl groups excluding tert-OH is 1. The number of ether oxygens (including phenoxy) is 1. The first-order chi connectivity index (χ1) is 11.2. The summed E-state index contributed by atoms with van der Waals surface area (Å²) in [5.41, 5.74) is 6.03. The molecule has 2 rings (SSSR count). The van der Waals surface area contributed by atoms with E-state index in [-0.39, 0.29) is 6.61 Å². The predicted molar refractivity (Wildman–Crippen MR) is 93.1 cm³/mol. The van der Waals surface area contributed by atoms with Gasteiger partial charge in [0.1, 0.15) is 24.0 Å². The maximum Gasteiger partial charge on any atom is 0.227 e. The largest absolute Gasteiger partial charge is 0.491 e. The molecule has 0 radical (unpaired) electrons. The van der Waals surface area contributed by atoms with E-state index in [1.165, 1.54) is 0 Å². The SMILES string of the molecule is CC(C)NCC(O)COc1ccc2c(C(C)(C)C(N)=O)coc2c1. The van der Waals surface area contributed by atoms with Crippen LogP contribution in [0.5, 0.6) is 5.75 Å². The average molecular weight is 334 g/mol. The van der Waals surface area contributed by atoms with E-state index in [1.54, 1.807) is 32.2 Å². The molecule has 1 unspecified atom stereocenters. The van der Waals surface area contributed by atoms with Crippen LogP contribution in [0.2, 0.25) is 0 Å². The van der Waals surface area contributed by atoms with Crippen molar-refractivity contribution in [1.29, 1.82) is 0 Å². The minimum absolute atomic E-state index is 0.186. The molecule has 1 amide bonds. The lowest BCUT2D eigenvalue weighted by Crippen LogP contribution is -2.35. The van der Waals surface area contributed by atoms with E-state index in [0.29, 0.717) is 23.9 Å². The first kappa shape index (κ1) is 18.3. The van der Waals surface area contributed by atoms with Gasteiger partial charge in [-0.15, -0.1) is 0 Å². The van der Waals surface area contributed by atoms with Gasteiger partial charge < -0.3 is 25.3 Å². The van der Waals surface area contributed by atoms with Crippen molar-refractivity contribution in [3.8, 4) is 5.75 Å². The summed E-state index contributed by atoms with van der Waals surface area (Å²) in [4.78, 5) is 11.6. The molecule has 0 aliphatic carbocycles. The van der Waals surface area contributed by atoms with Crippen LogP contribution in [-0.2, 0) is 10.2 Å². The summed E-state index contributed by atoms with van der Waals surface area (Å²) in [5.74, 6) is 0.190. The second kappa shape index (κ2) is 7.23. The first-order valence-corrected chi connectivity index (χ1v) is 8.07. The second-order valence-corrected chi connectivity index (χ2v) is 6.82. The number of primary amides is 1. The molecule has 0 aliphatic rings. The van der Waals surface area contributed by atoms with E-state index in [0.717, 1.165) is 10.9 Å². The van der Waals surface area contributed by atoms with E-state index in [2.05, 4.69) is 5.32 Å². The van der Waals surface area contributed by atoms with Crippen LogP contribution in [0.25, 0.3) is 11.0 Å². The molecule has 0 bridgehead atoms. The Bertz CT molecular complexity index is 706. The number of fused-ring (bicyclic) bond motifs is 1. The van der Waals surface area contributed by atoms with Gasteiger partial charge in [-0.2, -0.15) is 0 Å². The van der Waals surface area contributed by atoms with Gasteiger partial charge in [-0.1, -0.05) is 13.8 Å². The van der Waals surface area contributed by atoms with Crippen molar-refractivity contribution in [2.45, 2.75) is 45.3 Å². The van der Waals surface area contributed by atoms with Crippen LogP contribution >= 0.6 is 0 Å². The number of hydrogen-bond acceptors (Lipinski definition) is 5. The Labute approximate surface area is 142 Å². The summed E-state index contributed by atoms with van der Waals surface area (Å²) in [6.45, 7) is 8.22. The molecule has 1 atom stereocenters. The number of aliphatic hydroxyl groups is 1. The van der Waals surface area contributed by atoms with Gasteiger partial charge in [0.15, 0.2) is 0 Å². The highest BCUT2D eigenvalue weighted by atomic mass is 16.5. The third-order valence-electron chi connectivity index (χ3n) is 4.04. The first-order valence-electron chi connectivity index (χ1n) is 8.07. The van der Waals surface area contributed by atoms with E-state index in [1.807, 2.05) is 19.9 Å². The smallest absolute Gasteiger partial charge is 0.227 e. The number of nitrogens with one attached hydrogen (secondary N) is 1. The molecule has 6 nitrogen and oxygen atoms in total. The maximum absolute atomic E-state index is 11.6. The molecule has 6 heteroatoms. The molecule has 2 aromatic rings. The number of benzene rings is 1. The molecule has 0 spiro atoms. The Morgan fingerprint density at radius 2 is 2.12 bits per heavy atom. The highest BCUT2D eigenvalue weighted by Crippen LogP contribution is 2.33.